The van der Waals surface area contributed by atoms with Crippen LogP contribution in [0.25, 0.3) is 22.0 Å². The van der Waals surface area contributed by atoms with Gasteiger partial charge in [0.15, 0.2) is 11.6 Å². The molecule has 5 rings (SSSR count). The monoisotopic (exact) mass is 458 g/mol. The first-order valence-electron chi connectivity index (χ1n) is 11.3. The maximum Gasteiger partial charge on any atom is 0.339 e. The van der Waals surface area contributed by atoms with E-state index in [9.17, 15) is 9.59 Å². The summed E-state index contributed by atoms with van der Waals surface area (Å²) >= 11 is 0. The first kappa shape index (κ1) is 21.9. The highest BCUT2D eigenvalue weighted by molar-refractivity contribution is 5.97. The number of benzene rings is 2. The molecule has 8 nitrogen and oxygen atoms in total. The molecule has 0 bridgehead atoms. The zero-order valence-corrected chi connectivity index (χ0v) is 19.5. The Morgan fingerprint density at radius 1 is 1.09 bits per heavy atom. The molecule has 0 N–H and O–H groups in total. The number of amides is 1. The van der Waals surface area contributed by atoms with Crippen molar-refractivity contribution in [3.8, 4) is 5.75 Å². The summed E-state index contributed by atoms with van der Waals surface area (Å²) in [6.45, 7) is 3.22. The number of hydrogen-bond donors (Lipinski definition) is 0. The van der Waals surface area contributed by atoms with Crippen molar-refractivity contribution in [3.05, 3.63) is 64.0 Å². The van der Waals surface area contributed by atoms with Crippen molar-refractivity contribution in [3.63, 3.8) is 0 Å². The van der Waals surface area contributed by atoms with Crippen molar-refractivity contribution in [1.29, 1.82) is 0 Å². The molecule has 4 aromatic rings. The molecule has 8 heteroatoms. The van der Waals surface area contributed by atoms with Crippen molar-refractivity contribution in [1.82, 2.24) is 9.97 Å². The van der Waals surface area contributed by atoms with Gasteiger partial charge in [-0.25, -0.2) is 14.8 Å². The van der Waals surface area contributed by atoms with Gasteiger partial charge < -0.3 is 14.1 Å². The van der Waals surface area contributed by atoms with Crippen molar-refractivity contribution in [2.24, 2.45) is 0 Å². The van der Waals surface area contributed by atoms with Crippen molar-refractivity contribution in [2.45, 2.75) is 26.2 Å². The fourth-order valence-electron chi connectivity index (χ4n) is 4.50. The largest absolute Gasteiger partial charge is 0.497 e. The molecule has 34 heavy (non-hydrogen) atoms. The summed E-state index contributed by atoms with van der Waals surface area (Å²) in [5.41, 5.74) is 2.93. The van der Waals surface area contributed by atoms with Crippen molar-refractivity contribution in [2.75, 3.05) is 37.0 Å². The maximum atomic E-state index is 13.4. The highest BCUT2D eigenvalue weighted by atomic mass is 16.5. The fourth-order valence-corrected chi connectivity index (χ4v) is 4.50. The molecule has 3 heterocycles. The number of para-hydroxylation sites is 2. The first-order valence-corrected chi connectivity index (χ1v) is 11.3. The predicted molar refractivity (Wildman–Crippen MR) is 132 cm³/mol. The summed E-state index contributed by atoms with van der Waals surface area (Å²) in [5, 5.41) is 0.835. The fraction of sp³-hybridized carbons (Fsp3) is 0.308. The molecule has 1 amide bonds. The zero-order valence-electron chi connectivity index (χ0n) is 19.5. The van der Waals surface area contributed by atoms with Crippen LogP contribution in [0.2, 0.25) is 0 Å². The smallest absolute Gasteiger partial charge is 0.339 e. The lowest BCUT2D eigenvalue weighted by Crippen LogP contribution is -2.33. The zero-order chi connectivity index (χ0) is 23.8. The Morgan fingerprint density at radius 2 is 1.82 bits per heavy atom. The molecule has 2 aromatic heterocycles. The number of carbonyl (C=O) groups is 1. The van der Waals surface area contributed by atoms with Gasteiger partial charge in [0.2, 0.25) is 5.91 Å². The quantitative estimate of drug-likeness (QED) is 0.429. The Labute approximate surface area is 196 Å². The van der Waals surface area contributed by atoms with Gasteiger partial charge in [-0.15, -0.1) is 0 Å². The molecular weight excluding hydrogens is 432 g/mol. The van der Waals surface area contributed by atoms with Gasteiger partial charge in [0, 0.05) is 43.6 Å². The minimum atomic E-state index is -0.423. The van der Waals surface area contributed by atoms with Gasteiger partial charge in [-0.2, -0.15) is 0 Å². The van der Waals surface area contributed by atoms with E-state index in [0.717, 1.165) is 34.9 Å². The highest BCUT2D eigenvalue weighted by Crippen LogP contribution is 2.31. The summed E-state index contributed by atoms with van der Waals surface area (Å²) in [6, 6.07) is 13.1. The number of anilines is 2. The van der Waals surface area contributed by atoms with Crippen molar-refractivity contribution >= 4 is 39.5 Å². The SMILES string of the molecule is COc1ccc2c(C)c(CCC(=O)N3CCCN(C)c4nc5ccccc5nc43)c(=O)oc2c1. The normalized spacial score (nSPS) is 13.7. The molecule has 0 radical (unpaired) electrons. The van der Waals surface area contributed by atoms with Crippen molar-refractivity contribution < 1.29 is 13.9 Å². The minimum Gasteiger partial charge on any atom is -0.497 e. The number of rotatable bonds is 4. The predicted octanol–water partition coefficient (Wildman–Crippen LogP) is 3.86. The van der Waals surface area contributed by atoms with Crippen LogP contribution >= 0.6 is 0 Å². The van der Waals surface area contributed by atoms with Gasteiger partial charge in [0.25, 0.3) is 0 Å². The van der Waals surface area contributed by atoms with Crippen LogP contribution < -0.4 is 20.2 Å². The lowest BCUT2D eigenvalue weighted by atomic mass is 10.0. The lowest BCUT2D eigenvalue weighted by molar-refractivity contribution is -0.118. The van der Waals surface area contributed by atoms with E-state index in [1.165, 1.54) is 0 Å². The summed E-state index contributed by atoms with van der Waals surface area (Å²) in [7, 11) is 3.53. The Morgan fingerprint density at radius 3 is 2.56 bits per heavy atom. The standard InChI is InChI=1S/C26H26N4O4/c1-16-18-10-9-17(33-3)15-22(18)34-26(32)19(16)11-12-23(31)30-14-6-13-29(2)24-25(30)28-21-8-5-4-7-20(21)27-24/h4-5,7-10,15H,6,11-14H2,1-3H3. The summed E-state index contributed by atoms with van der Waals surface area (Å²) in [6.07, 6.45) is 1.26. The van der Waals surface area contributed by atoms with Gasteiger partial charge in [-0.1, -0.05) is 12.1 Å². The van der Waals surface area contributed by atoms with E-state index in [0.29, 0.717) is 35.1 Å². The number of fused-ring (bicyclic) bond motifs is 3. The summed E-state index contributed by atoms with van der Waals surface area (Å²) < 4.78 is 10.8. The molecule has 1 aliphatic heterocycles. The Kier molecular flexibility index (Phi) is 5.65. The molecule has 0 saturated heterocycles. The number of carbonyl (C=O) groups excluding carboxylic acids is 1. The first-order chi connectivity index (χ1) is 16.5. The van der Waals surface area contributed by atoms with Crippen LogP contribution in [0.4, 0.5) is 11.6 Å². The highest BCUT2D eigenvalue weighted by Gasteiger charge is 2.27. The molecule has 2 aromatic carbocycles. The number of nitrogens with zero attached hydrogens (tertiary/aromatic N) is 4. The Balaban J connectivity index is 1.45. The molecule has 1 aliphatic rings. The second-order valence-electron chi connectivity index (χ2n) is 8.54. The molecule has 0 saturated carbocycles. The van der Waals surface area contributed by atoms with Crippen LogP contribution in [0.15, 0.2) is 51.7 Å². The van der Waals surface area contributed by atoms with Gasteiger partial charge in [-0.3, -0.25) is 9.69 Å². The number of methoxy groups -OCH3 is 1. The molecule has 0 unspecified atom stereocenters. The Bertz CT molecular complexity index is 1460. The van der Waals surface area contributed by atoms with E-state index < -0.39 is 5.63 Å². The average molecular weight is 459 g/mol. The van der Waals surface area contributed by atoms with Crippen LogP contribution in [0, 0.1) is 6.92 Å². The van der Waals surface area contributed by atoms with Crippen LogP contribution in [-0.2, 0) is 11.2 Å². The molecule has 0 atom stereocenters. The average Bonchev–Trinajstić information content (AvgIpc) is 3.00. The van der Waals surface area contributed by atoms with E-state index in [4.69, 9.17) is 19.1 Å². The van der Waals surface area contributed by atoms with Gasteiger partial charge in [0.05, 0.1) is 18.1 Å². The third-order valence-electron chi connectivity index (χ3n) is 6.41. The number of hydrogen-bond acceptors (Lipinski definition) is 7. The van der Waals surface area contributed by atoms with E-state index in [1.807, 2.05) is 55.3 Å². The molecule has 0 spiro atoms. The third-order valence-corrected chi connectivity index (χ3v) is 6.41. The topological polar surface area (TPSA) is 88.8 Å². The van der Waals surface area contributed by atoms with Gasteiger partial charge >= 0.3 is 5.63 Å². The third kappa shape index (κ3) is 3.85. The molecule has 174 valence electrons. The second kappa shape index (κ2) is 8.78. The summed E-state index contributed by atoms with van der Waals surface area (Å²) in [4.78, 5) is 39.4. The molecule has 0 aliphatic carbocycles. The Hall–Kier alpha value is -3.94. The number of aromatic nitrogens is 2. The molecular formula is C26H26N4O4. The van der Waals surface area contributed by atoms with E-state index in [2.05, 4.69) is 0 Å². The van der Waals surface area contributed by atoms with E-state index >= 15 is 0 Å². The van der Waals surface area contributed by atoms with Crippen LogP contribution in [0.3, 0.4) is 0 Å². The minimum absolute atomic E-state index is 0.0882. The van der Waals surface area contributed by atoms with Gasteiger partial charge in [0.1, 0.15) is 11.3 Å². The van der Waals surface area contributed by atoms with Crippen LogP contribution in [0.1, 0.15) is 24.0 Å². The lowest BCUT2D eigenvalue weighted by Gasteiger charge is -2.23. The van der Waals surface area contributed by atoms with Gasteiger partial charge in [-0.05, 0) is 49.6 Å². The maximum absolute atomic E-state index is 13.4. The number of ether oxygens (including phenoxy) is 1. The van der Waals surface area contributed by atoms with E-state index in [1.54, 1.807) is 18.1 Å². The second-order valence-corrected chi connectivity index (χ2v) is 8.54. The van der Waals surface area contributed by atoms with Crippen LogP contribution in [-0.4, -0.2) is 43.1 Å². The number of aryl methyl sites for hydroxylation is 1. The summed E-state index contributed by atoms with van der Waals surface area (Å²) in [5.74, 6) is 1.80. The van der Waals surface area contributed by atoms with E-state index in [-0.39, 0.29) is 18.7 Å². The van der Waals surface area contributed by atoms with Crippen LogP contribution in [0.5, 0.6) is 5.75 Å². The molecule has 0 fully saturated rings.